The highest BCUT2D eigenvalue weighted by Crippen LogP contribution is 2.27. The number of carbonyl (C=O) groups is 1. The fraction of sp³-hybridized carbons (Fsp3) is 0.400. The normalized spacial score (nSPS) is 19.5. The standard InChI is InChI=1S/C30H33N7O3/c1-21-33-26-6-5-25(39-2)15-27(26)37(21)19-29(38)36-13-12-35(17-23-9-14-40-20-23)18-28(36)30-32-16-24(34-30)4-3-22-7-10-31-11-8-22/h5-8,10-11,15-16,23,28H,9,12-14,17-20H2,1-2H3,(H,32,34)/t23?,28-/m0/s1. The van der Waals surface area contributed by atoms with E-state index in [9.17, 15) is 4.79 Å². The zero-order chi connectivity index (χ0) is 27.5. The van der Waals surface area contributed by atoms with Crippen LogP contribution in [0.4, 0.5) is 0 Å². The Kier molecular flexibility index (Phi) is 7.49. The number of amides is 1. The number of carbonyl (C=O) groups excluding carboxylic acids is 1. The number of ether oxygens (including phenoxy) is 2. The number of hydrogen-bond acceptors (Lipinski definition) is 7. The number of benzene rings is 1. The molecule has 2 fully saturated rings. The van der Waals surface area contributed by atoms with Gasteiger partial charge in [-0.1, -0.05) is 5.92 Å². The van der Waals surface area contributed by atoms with Gasteiger partial charge in [0.05, 0.1) is 30.9 Å². The molecule has 2 aliphatic rings. The summed E-state index contributed by atoms with van der Waals surface area (Å²) >= 11 is 0. The second-order valence-corrected chi connectivity index (χ2v) is 10.4. The summed E-state index contributed by atoms with van der Waals surface area (Å²) in [5.41, 5.74) is 3.32. The Labute approximate surface area is 233 Å². The Morgan fingerprint density at radius 3 is 2.88 bits per heavy atom. The minimum absolute atomic E-state index is 0.0277. The second-order valence-electron chi connectivity index (χ2n) is 10.4. The third-order valence-electron chi connectivity index (χ3n) is 7.70. The summed E-state index contributed by atoms with van der Waals surface area (Å²) in [5.74, 6) is 9.12. The number of methoxy groups -OCH3 is 1. The number of hydrogen-bond donors (Lipinski definition) is 1. The Hall–Kier alpha value is -4.20. The van der Waals surface area contributed by atoms with Crippen molar-refractivity contribution in [3.63, 3.8) is 0 Å². The molecule has 206 valence electrons. The number of fused-ring (bicyclic) bond motifs is 1. The van der Waals surface area contributed by atoms with Gasteiger partial charge in [-0.05, 0) is 49.4 Å². The molecule has 2 aliphatic heterocycles. The number of aryl methyl sites for hydroxylation is 1. The van der Waals surface area contributed by atoms with Crippen LogP contribution in [0.5, 0.6) is 5.75 Å². The van der Waals surface area contributed by atoms with Crippen molar-refractivity contribution >= 4 is 16.9 Å². The number of imidazole rings is 2. The molecule has 3 aromatic heterocycles. The summed E-state index contributed by atoms with van der Waals surface area (Å²) < 4.78 is 13.0. The van der Waals surface area contributed by atoms with Crippen molar-refractivity contribution < 1.29 is 14.3 Å². The Morgan fingerprint density at radius 1 is 1.20 bits per heavy atom. The lowest BCUT2D eigenvalue weighted by Crippen LogP contribution is -2.52. The predicted molar refractivity (Wildman–Crippen MR) is 150 cm³/mol. The first-order valence-electron chi connectivity index (χ1n) is 13.6. The molecule has 0 radical (unpaired) electrons. The van der Waals surface area contributed by atoms with Crippen molar-refractivity contribution in [2.45, 2.75) is 25.9 Å². The molecule has 5 heterocycles. The van der Waals surface area contributed by atoms with Gasteiger partial charge in [0.15, 0.2) is 0 Å². The van der Waals surface area contributed by atoms with Gasteiger partial charge in [0.25, 0.3) is 0 Å². The van der Waals surface area contributed by atoms with Crippen molar-refractivity contribution in [3.8, 4) is 17.6 Å². The number of H-pyrrole nitrogens is 1. The van der Waals surface area contributed by atoms with Gasteiger partial charge in [-0.15, -0.1) is 0 Å². The first-order valence-corrected chi connectivity index (χ1v) is 13.6. The largest absolute Gasteiger partial charge is 0.497 e. The van der Waals surface area contributed by atoms with Gasteiger partial charge in [0, 0.05) is 56.8 Å². The van der Waals surface area contributed by atoms with Crippen LogP contribution >= 0.6 is 0 Å². The molecule has 1 amide bonds. The molecular weight excluding hydrogens is 506 g/mol. The molecule has 1 N–H and O–H groups in total. The summed E-state index contributed by atoms with van der Waals surface area (Å²) in [5, 5.41) is 0. The Morgan fingerprint density at radius 2 is 2.08 bits per heavy atom. The molecule has 1 unspecified atom stereocenters. The number of nitrogens with one attached hydrogen (secondary N) is 1. The van der Waals surface area contributed by atoms with E-state index < -0.39 is 0 Å². The van der Waals surface area contributed by atoms with Crippen molar-refractivity contribution in [1.82, 2.24) is 34.3 Å². The van der Waals surface area contributed by atoms with E-state index in [1.807, 2.05) is 46.7 Å². The fourth-order valence-corrected chi connectivity index (χ4v) is 5.55. The van der Waals surface area contributed by atoms with Gasteiger partial charge in [0.2, 0.25) is 5.91 Å². The maximum atomic E-state index is 13.9. The van der Waals surface area contributed by atoms with Gasteiger partial charge < -0.3 is 23.9 Å². The van der Waals surface area contributed by atoms with E-state index in [1.165, 1.54) is 0 Å². The summed E-state index contributed by atoms with van der Waals surface area (Å²) in [6.45, 7) is 6.83. The van der Waals surface area contributed by atoms with Gasteiger partial charge in [0.1, 0.15) is 35.7 Å². The van der Waals surface area contributed by atoms with Crippen LogP contribution in [0.3, 0.4) is 0 Å². The van der Waals surface area contributed by atoms with Crippen LogP contribution in [0.2, 0.25) is 0 Å². The molecule has 2 atom stereocenters. The number of rotatable bonds is 6. The van der Waals surface area contributed by atoms with Crippen LogP contribution in [-0.2, 0) is 16.1 Å². The number of piperazine rings is 1. The molecule has 0 saturated carbocycles. The number of pyridine rings is 1. The van der Waals surface area contributed by atoms with Gasteiger partial charge in [-0.3, -0.25) is 14.7 Å². The van der Waals surface area contributed by atoms with E-state index in [0.29, 0.717) is 24.7 Å². The minimum atomic E-state index is -0.218. The smallest absolute Gasteiger partial charge is 0.243 e. The van der Waals surface area contributed by atoms with E-state index in [0.717, 1.165) is 66.7 Å². The highest BCUT2D eigenvalue weighted by Gasteiger charge is 2.35. The van der Waals surface area contributed by atoms with Crippen LogP contribution in [0.1, 0.15) is 35.4 Å². The van der Waals surface area contributed by atoms with Crippen LogP contribution in [0.25, 0.3) is 11.0 Å². The SMILES string of the molecule is COc1ccc2nc(C)n(CC(=O)N3CCN(CC4CCOC4)C[C@H]3c3ncc(C#Cc4ccncc4)[nH]3)c2c1. The quantitative estimate of drug-likeness (QED) is 0.376. The molecule has 4 aromatic rings. The molecule has 10 heteroatoms. The van der Waals surface area contributed by atoms with Crippen molar-refractivity contribution in [2.24, 2.45) is 5.92 Å². The predicted octanol–water partition coefficient (Wildman–Crippen LogP) is 2.79. The number of aromatic nitrogens is 5. The molecule has 0 aliphatic carbocycles. The molecule has 6 rings (SSSR count). The van der Waals surface area contributed by atoms with Crippen molar-refractivity contribution in [3.05, 3.63) is 71.8 Å². The lowest BCUT2D eigenvalue weighted by Gasteiger charge is -2.41. The molecule has 1 aromatic carbocycles. The summed E-state index contributed by atoms with van der Waals surface area (Å²) in [6, 6.07) is 9.26. The lowest BCUT2D eigenvalue weighted by atomic mass is 10.1. The fourth-order valence-electron chi connectivity index (χ4n) is 5.55. The van der Waals surface area contributed by atoms with E-state index >= 15 is 0 Å². The zero-order valence-electron chi connectivity index (χ0n) is 22.8. The first-order chi connectivity index (χ1) is 19.6. The average molecular weight is 540 g/mol. The molecule has 10 nitrogen and oxygen atoms in total. The molecule has 0 bridgehead atoms. The number of nitrogens with zero attached hydrogens (tertiary/aromatic N) is 6. The van der Waals surface area contributed by atoms with Gasteiger partial charge in [-0.25, -0.2) is 9.97 Å². The third-order valence-corrected chi connectivity index (χ3v) is 7.70. The molecule has 0 spiro atoms. The van der Waals surface area contributed by atoms with E-state index in [-0.39, 0.29) is 18.5 Å². The monoisotopic (exact) mass is 539 g/mol. The van der Waals surface area contributed by atoms with E-state index in [1.54, 1.807) is 25.7 Å². The molecular formula is C30H33N7O3. The van der Waals surface area contributed by atoms with Crippen LogP contribution < -0.4 is 4.74 Å². The zero-order valence-corrected chi connectivity index (χ0v) is 22.8. The molecule has 2 saturated heterocycles. The first kappa shape index (κ1) is 26.0. The van der Waals surface area contributed by atoms with Crippen molar-refractivity contribution in [1.29, 1.82) is 0 Å². The van der Waals surface area contributed by atoms with Crippen molar-refractivity contribution in [2.75, 3.05) is 46.5 Å². The number of aromatic amines is 1. The van der Waals surface area contributed by atoms with Crippen LogP contribution in [0.15, 0.2) is 48.9 Å². The maximum Gasteiger partial charge on any atom is 0.243 e. The lowest BCUT2D eigenvalue weighted by molar-refractivity contribution is -0.137. The Balaban J connectivity index is 1.25. The summed E-state index contributed by atoms with van der Waals surface area (Å²) in [7, 11) is 1.64. The minimum Gasteiger partial charge on any atom is -0.497 e. The highest BCUT2D eigenvalue weighted by atomic mass is 16.5. The van der Waals surface area contributed by atoms with Crippen LogP contribution in [-0.4, -0.2) is 86.7 Å². The summed E-state index contributed by atoms with van der Waals surface area (Å²) in [4.78, 5) is 35.1. The second kappa shape index (κ2) is 11.5. The topological polar surface area (TPSA) is 101 Å². The van der Waals surface area contributed by atoms with E-state index in [2.05, 4.69) is 36.7 Å². The summed E-state index contributed by atoms with van der Waals surface area (Å²) in [6.07, 6.45) is 6.27. The Bertz CT molecular complexity index is 1550. The highest BCUT2D eigenvalue weighted by molar-refractivity contribution is 5.82. The average Bonchev–Trinajstić information content (AvgIpc) is 3.73. The van der Waals surface area contributed by atoms with Gasteiger partial charge in [-0.2, -0.15) is 0 Å². The third kappa shape index (κ3) is 5.57. The van der Waals surface area contributed by atoms with E-state index in [4.69, 9.17) is 9.47 Å². The maximum absolute atomic E-state index is 13.9. The van der Waals surface area contributed by atoms with Crippen LogP contribution in [0, 0.1) is 24.7 Å². The van der Waals surface area contributed by atoms with Gasteiger partial charge >= 0.3 is 0 Å². The molecule has 40 heavy (non-hydrogen) atoms.